The van der Waals surface area contributed by atoms with E-state index in [1.165, 1.54) is 6.42 Å². The number of fused-ring (bicyclic) bond motifs is 2. The minimum Gasteiger partial charge on any atom is -0.448 e. The third-order valence-electron chi connectivity index (χ3n) is 5.10. The van der Waals surface area contributed by atoms with Gasteiger partial charge in [-0.05, 0) is 50.9 Å². The summed E-state index contributed by atoms with van der Waals surface area (Å²) < 4.78 is 5.34. The van der Waals surface area contributed by atoms with Gasteiger partial charge in [0.25, 0.3) is 0 Å². The Kier molecular flexibility index (Phi) is 3.11. The highest BCUT2D eigenvalue weighted by Crippen LogP contribution is 2.52. The van der Waals surface area contributed by atoms with Crippen LogP contribution in [0.3, 0.4) is 0 Å². The van der Waals surface area contributed by atoms with E-state index >= 15 is 0 Å². The quantitative estimate of drug-likeness (QED) is 0.793. The van der Waals surface area contributed by atoms with Gasteiger partial charge in [0.2, 0.25) is 0 Å². The molecule has 2 saturated carbocycles. The minimum absolute atomic E-state index is 0.154. The first-order chi connectivity index (χ1) is 9.10. The van der Waals surface area contributed by atoms with Crippen LogP contribution in [0.2, 0.25) is 0 Å². The van der Waals surface area contributed by atoms with Crippen LogP contribution in [-0.2, 0) is 9.53 Å². The molecule has 2 bridgehead atoms. The highest BCUT2D eigenvalue weighted by atomic mass is 16.5. The second-order valence-corrected chi connectivity index (χ2v) is 6.25. The number of hydrogen-bond acceptors (Lipinski definition) is 3. The molecule has 3 aliphatic carbocycles. The molecule has 4 heteroatoms. The molecule has 0 heterocycles. The Morgan fingerprint density at radius 2 is 2.16 bits per heavy atom. The summed E-state index contributed by atoms with van der Waals surface area (Å²) in [4.78, 5) is 23.7. The molecule has 19 heavy (non-hydrogen) atoms. The van der Waals surface area contributed by atoms with E-state index in [1.807, 2.05) is 0 Å². The van der Waals surface area contributed by atoms with Crippen molar-refractivity contribution in [2.45, 2.75) is 45.1 Å². The molecule has 104 valence electrons. The Bertz CT molecular complexity index is 427. The summed E-state index contributed by atoms with van der Waals surface area (Å²) in [5.74, 6) is 0.902. The lowest BCUT2D eigenvalue weighted by Crippen LogP contribution is -2.44. The molecule has 0 aromatic carbocycles. The van der Waals surface area contributed by atoms with Gasteiger partial charge < -0.3 is 10.1 Å². The first-order valence-electron chi connectivity index (χ1n) is 7.23. The first-order valence-corrected chi connectivity index (χ1v) is 7.23. The third-order valence-corrected chi connectivity index (χ3v) is 5.10. The summed E-state index contributed by atoms with van der Waals surface area (Å²) >= 11 is 0. The predicted octanol–water partition coefficient (Wildman–Crippen LogP) is 2.44. The van der Waals surface area contributed by atoms with Gasteiger partial charge in [-0.25, -0.2) is 4.79 Å². The zero-order chi connectivity index (χ0) is 13.5. The van der Waals surface area contributed by atoms with Crippen LogP contribution in [0.15, 0.2) is 12.2 Å². The fraction of sp³-hybridized carbons (Fsp3) is 0.733. The number of Topliss-reactive ketones (excluding diaryl/α,β-unsaturated/α-hetero) is 1. The number of allylic oxidation sites excluding steroid dienone is 2. The van der Waals surface area contributed by atoms with Crippen LogP contribution < -0.4 is 5.32 Å². The van der Waals surface area contributed by atoms with Crippen LogP contribution in [-0.4, -0.2) is 24.5 Å². The van der Waals surface area contributed by atoms with Gasteiger partial charge in [0, 0.05) is 6.04 Å². The number of ether oxygens (including phenoxy) is 1. The molecule has 3 rings (SSSR count). The van der Waals surface area contributed by atoms with Crippen molar-refractivity contribution in [1.82, 2.24) is 5.32 Å². The predicted molar refractivity (Wildman–Crippen MR) is 70.6 cm³/mol. The topological polar surface area (TPSA) is 55.4 Å². The Balaban J connectivity index is 1.58. The third kappa shape index (κ3) is 2.17. The molecule has 2 fully saturated rings. The number of rotatable bonds is 4. The van der Waals surface area contributed by atoms with Crippen molar-refractivity contribution in [3.8, 4) is 0 Å². The van der Waals surface area contributed by atoms with Gasteiger partial charge in [0.15, 0.2) is 0 Å². The zero-order valence-electron chi connectivity index (χ0n) is 11.4. The van der Waals surface area contributed by atoms with Crippen LogP contribution in [0.1, 0.15) is 39.0 Å². The first kappa shape index (κ1) is 12.7. The molecule has 3 aliphatic rings. The molecule has 0 aliphatic heterocycles. The second kappa shape index (κ2) is 4.66. The molecule has 0 aromatic rings. The molecule has 0 saturated heterocycles. The van der Waals surface area contributed by atoms with Gasteiger partial charge in [-0.3, -0.25) is 4.79 Å². The summed E-state index contributed by atoms with van der Waals surface area (Å²) in [6, 6.07) is 0.278. The fourth-order valence-corrected chi connectivity index (χ4v) is 3.58. The van der Waals surface area contributed by atoms with Crippen molar-refractivity contribution in [3.05, 3.63) is 12.2 Å². The highest BCUT2D eigenvalue weighted by Gasteiger charge is 2.52. The maximum absolute atomic E-state index is 12.0. The van der Waals surface area contributed by atoms with Crippen LogP contribution in [0.25, 0.3) is 0 Å². The van der Waals surface area contributed by atoms with Crippen molar-refractivity contribution in [2.75, 3.05) is 6.61 Å². The maximum Gasteiger partial charge on any atom is 0.407 e. The Morgan fingerprint density at radius 1 is 1.37 bits per heavy atom. The summed E-state index contributed by atoms with van der Waals surface area (Å²) in [6.45, 7) is 1.86. The summed E-state index contributed by atoms with van der Waals surface area (Å²) in [5.41, 5.74) is -0.462. The lowest BCUT2D eigenvalue weighted by molar-refractivity contribution is -0.130. The van der Waals surface area contributed by atoms with Crippen molar-refractivity contribution < 1.29 is 14.3 Å². The fourth-order valence-electron chi connectivity index (χ4n) is 3.58. The molecule has 3 atom stereocenters. The van der Waals surface area contributed by atoms with E-state index in [9.17, 15) is 9.59 Å². The number of carbonyl (C=O) groups excluding carboxylic acids is 2. The van der Waals surface area contributed by atoms with Gasteiger partial charge in [-0.2, -0.15) is 0 Å². The van der Waals surface area contributed by atoms with E-state index in [1.54, 1.807) is 6.92 Å². The maximum atomic E-state index is 12.0. The number of carbonyl (C=O) groups is 2. The molecule has 3 unspecified atom stereocenters. The van der Waals surface area contributed by atoms with Gasteiger partial charge in [0.05, 0.1) is 5.41 Å². The average molecular weight is 263 g/mol. The largest absolute Gasteiger partial charge is 0.448 e. The van der Waals surface area contributed by atoms with Gasteiger partial charge in [-0.1, -0.05) is 12.2 Å². The van der Waals surface area contributed by atoms with Crippen molar-refractivity contribution in [3.63, 3.8) is 0 Å². The number of amides is 1. The number of hydrogen-bond donors (Lipinski definition) is 1. The average Bonchev–Trinajstić information content (AvgIpc) is 2.92. The Hall–Kier alpha value is -1.32. The zero-order valence-corrected chi connectivity index (χ0v) is 11.4. The monoisotopic (exact) mass is 263 g/mol. The van der Waals surface area contributed by atoms with Crippen molar-refractivity contribution in [2.24, 2.45) is 17.3 Å². The van der Waals surface area contributed by atoms with E-state index in [4.69, 9.17) is 4.74 Å². The lowest BCUT2D eigenvalue weighted by atomic mass is 9.73. The molecule has 4 nitrogen and oxygen atoms in total. The molecule has 0 radical (unpaired) electrons. The number of ketones is 1. The van der Waals surface area contributed by atoms with E-state index < -0.39 is 5.41 Å². The molecular weight excluding hydrogens is 242 g/mol. The summed E-state index contributed by atoms with van der Waals surface area (Å²) in [5, 5.41) is 2.85. The second-order valence-electron chi connectivity index (χ2n) is 6.25. The smallest absolute Gasteiger partial charge is 0.407 e. The minimum atomic E-state index is -0.462. The molecule has 1 N–H and O–H groups in total. The normalized spacial score (nSPS) is 36.1. The van der Waals surface area contributed by atoms with Crippen LogP contribution in [0, 0.1) is 17.3 Å². The van der Waals surface area contributed by atoms with Crippen LogP contribution >= 0.6 is 0 Å². The summed E-state index contributed by atoms with van der Waals surface area (Å²) in [6.07, 6.45) is 9.09. The van der Waals surface area contributed by atoms with Gasteiger partial charge >= 0.3 is 6.09 Å². The van der Waals surface area contributed by atoms with Gasteiger partial charge in [0.1, 0.15) is 12.4 Å². The van der Waals surface area contributed by atoms with E-state index in [2.05, 4.69) is 17.5 Å². The van der Waals surface area contributed by atoms with Crippen LogP contribution in [0.4, 0.5) is 4.79 Å². The van der Waals surface area contributed by atoms with Crippen molar-refractivity contribution in [1.29, 1.82) is 0 Å². The molecule has 0 aromatic heterocycles. The lowest BCUT2D eigenvalue weighted by Gasteiger charge is -2.33. The molecular formula is C15H21NO3. The SMILES string of the molecule is CC(=O)C1(COC(=O)NC2CCC2)CC2C=CC1C2. The van der Waals surface area contributed by atoms with E-state index in [-0.39, 0.29) is 30.4 Å². The number of nitrogens with one attached hydrogen (secondary N) is 1. The Labute approximate surface area is 113 Å². The van der Waals surface area contributed by atoms with E-state index in [0.29, 0.717) is 5.92 Å². The molecule has 0 spiro atoms. The summed E-state index contributed by atoms with van der Waals surface area (Å²) in [7, 11) is 0. The number of alkyl carbamates (subject to hydrolysis) is 1. The van der Waals surface area contributed by atoms with Crippen molar-refractivity contribution >= 4 is 11.9 Å². The standard InChI is InChI=1S/C15H21NO3/c1-10(17)15(8-11-5-6-12(15)7-11)9-19-14(18)16-13-3-2-4-13/h5-6,11-13H,2-4,7-9H2,1H3,(H,16,18). The van der Waals surface area contributed by atoms with Crippen LogP contribution in [0.5, 0.6) is 0 Å². The van der Waals surface area contributed by atoms with E-state index in [0.717, 1.165) is 25.7 Å². The highest BCUT2D eigenvalue weighted by molar-refractivity contribution is 5.84. The van der Waals surface area contributed by atoms with Gasteiger partial charge in [-0.15, -0.1) is 0 Å². The Morgan fingerprint density at radius 3 is 2.63 bits per heavy atom. The molecule has 1 amide bonds.